The molecule has 2 heterocycles. The van der Waals surface area contributed by atoms with Gasteiger partial charge in [-0.05, 0) is 23.8 Å². The van der Waals surface area contributed by atoms with Gasteiger partial charge in [-0.1, -0.05) is 29.4 Å². The molecule has 1 fully saturated rings. The molecule has 0 spiro atoms. The zero-order valence-electron chi connectivity index (χ0n) is 15.9. The summed E-state index contributed by atoms with van der Waals surface area (Å²) in [5.74, 6) is -0.179. The maximum Gasteiger partial charge on any atom is 0.315 e. The van der Waals surface area contributed by atoms with E-state index in [9.17, 15) is 18.7 Å². The van der Waals surface area contributed by atoms with Crippen LogP contribution in [0.4, 0.5) is 20.3 Å². The number of hydrogen-bond donors (Lipinski definition) is 3. The zero-order valence-corrected chi connectivity index (χ0v) is 15.9. The number of amides is 1. The summed E-state index contributed by atoms with van der Waals surface area (Å²) >= 11 is 0. The first kappa shape index (κ1) is 19.8. The number of phenolic OH excluding ortho intramolecular Hbond substituents is 1. The number of carbonyl (C=O) groups excluding carboxylic acids is 1. The molecule has 1 aromatic heterocycles. The van der Waals surface area contributed by atoms with Crippen LogP contribution in [0.25, 0.3) is 22.5 Å². The fraction of sp³-hybridized carbons (Fsp3) is 0.238. The SMILES string of the molecule is O=C(Nc1ccc(-c2cccc(-c3cc(N4CCNCC4)no3)c2O)cc1)C(F)F. The first-order valence-electron chi connectivity index (χ1n) is 9.47. The zero-order chi connectivity index (χ0) is 21.1. The van der Waals surface area contributed by atoms with E-state index in [4.69, 9.17) is 4.52 Å². The number of halogens is 2. The number of nitrogens with one attached hydrogen (secondary N) is 2. The number of aromatic hydroxyl groups is 1. The monoisotopic (exact) mass is 414 g/mol. The predicted octanol–water partition coefficient (Wildman–Crippen LogP) is 3.33. The van der Waals surface area contributed by atoms with Crippen LogP contribution in [-0.4, -0.2) is 48.8 Å². The van der Waals surface area contributed by atoms with Crippen molar-refractivity contribution < 1.29 is 23.2 Å². The van der Waals surface area contributed by atoms with Crippen LogP contribution in [0.2, 0.25) is 0 Å². The summed E-state index contributed by atoms with van der Waals surface area (Å²) in [7, 11) is 0. The number of nitrogens with zero attached hydrogens (tertiary/aromatic N) is 2. The summed E-state index contributed by atoms with van der Waals surface area (Å²) in [6.07, 6.45) is -3.08. The van der Waals surface area contributed by atoms with Gasteiger partial charge in [0, 0.05) is 43.5 Å². The molecule has 1 aliphatic heterocycles. The molecule has 3 N–H and O–H groups in total. The van der Waals surface area contributed by atoms with E-state index in [-0.39, 0.29) is 11.4 Å². The highest BCUT2D eigenvalue weighted by molar-refractivity contribution is 5.93. The number of rotatable bonds is 5. The van der Waals surface area contributed by atoms with Gasteiger partial charge in [-0.15, -0.1) is 0 Å². The smallest absolute Gasteiger partial charge is 0.315 e. The van der Waals surface area contributed by atoms with E-state index >= 15 is 0 Å². The third-order valence-corrected chi connectivity index (χ3v) is 4.90. The van der Waals surface area contributed by atoms with Gasteiger partial charge < -0.3 is 25.2 Å². The highest BCUT2D eigenvalue weighted by Gasteiger charge is 2.19. The largest absolute Gasteiger partial charge is 0.507 e. The molecule has 7 nitrogen and oxygen atoms in total. The summed E-state index contributed by atoms with van der Waals surface area (Å²) in [5, 5.41) is 20.3. The molecule has 0 unspecified atom stereocenters. The summed E-state index contributed by atoms with van der Waals surface area (Å²) in [5.41, 5.74) is 1.94. The molecule has 0 aliphatic carbocycles. The second-order valence-corrected chi connectivity index (χ2v) is 6.86. The van der Waals surface area contributed by atoms with Crippen LogP contribution < -0.4 is 15.5 Å². The van der Waals surface area contributed by atoms with Crippen LogP contribution in [-0.2, 0) is 4.79 Å². The van der Waals surface area contributed by atoms with Crippen molar-refractivity contribution in [3.8, 4) is 28.2 Å². The van der Waals surface area contributed by atoms with Gasteiger partial charge in [0.05, 0.1) is 5.56 Å². The second-order valence-electron chi connectivity index (χ2n) is 6.86. The molecule has 4 rings (SSSR count). The van der Waals surface area contributed by atoms with Crippen molar-refractivity contribution in [3.63, 3.8) is 0 Å². The Balaban J connectivity index is 1.57. The topological polar surface area (TPSA) is 90.6 Å². The Morgan fingerprint density at radius 3 is 2.53 bits per heavy atom. The van der Waals surface area contributed by atoms with E-state index in [0.717, 1.165) is 32.0 Å². The van der Waals surface area contributed by atoms with E-state index in [1.165, 1.54) is 12.1 Å². The van der Waals surface area contributed by atoms with E-state index in [2.05, 4.69) is 20.7 Å². The quantitative estimate of drug-likeness (QED) is 0.593. The Morgan fingerprint density at radius 2 is 1.83 bits per heavy atom. The van der Waals surface area contributed by atoms with Gasteiger partial charge in [0.1, 0.15) is 5.75 Å². The molecular weight excluding hydrogens is 394 g/mol. The van der Waals surface area contributed by atoms with Gasteiger partial charge in [0.25, 0.3) is 5.91 Å². The molecule has 0 bridgehead atoms. The third kappa shape index (κ3) is 4.11. The first-order valence-corrected chi connectivity index (χ1v) is 9.47. The summed E-state index contributed by atoms with van der Waals surface area (Å²) < 4.78 is 30.2. The number of hydrogen-bond acceptors (Lipinski definition) is 6. The Hall–Kier alpha value is -3.46. The van der Waals surface area contributed by atoms with Crippen molar-refractivity contribution in [2.45, 2.75) is 6.43 Å². The number of alkyl halides is 2. The van der Waals surface area contributed by atoms with Crippen LogP contribution in [0.1, 0.15) is 0 Å². The minimum Gasteiger partial charge on any atom is -0.507 e. The highest BCUT2D eigenvalue weighted by Crippen LogP contribution is 2.39. The van der Waals surface area contributed by atoms with Crippen LogP contribution in [0, 0.1) is 0 Å². The molecule has 2 aromatic carbocycles. The molecule has 0 saturated carbocycles. The molecule has 3 aromatic rings. The number of carbonyl (C=O) groups is 1. The highest BCUT2D eigenvalue weighted by atomic mass is 19.3. The Labute approximate surface area is 171 Å². The lowest BCUT2D eigenvalue weighted by Gasteiger charge is -2.26. The molecular formula is C21H20F2N4O3. The number of benzene rings is 2. The molecule has 9 heteroatoms. The number of piperazine rings is 1. The van der Waals surface area contributed by atoms with Crippen LogP contribution >= 0.6 is 0 Å². The van der Waals surface area contributed by atoms with E-state index in [0.29, 0.717) is 22.5 Å². The Morgan fingerprint density at radius 1 is 1.13 bits per heavy atom. The van der Waals surface area contributed by atoms with Crippen molar-refractivity contribution in [3.05, 3.63) is 48.5 Å². The van der Waals surface area contributed by atoms with Crippen molar-refractivity contribution >= 4 is 17.4 Å². The lowest BCUT2D eigenvalue weighted by molar-refractivity contribution is -0.126. The van der Waals surface area contributed by atoms with Gasteiger partial charge in [0.2, 0.25) is 0 Å². The summed E-state index contributed by atoms with van der Waals surface area (Å²) in [6, 6.07) is 13.3. The predicted molar refractivity (Wildman–Crippen MR) is 109 cm³/mol. The van der Waals surface area contributed by atoms with Crippen molar-refractivity contribution in [2.24, 2.45) is 0 Å². The maximum atomic E-state index is 12.4. The second kappa shape index (κ2) is 8.50. The number of para-hydroxylation sites is 1. The molecule has 1 aliphatic rings. The van der Waals surface area contributed by atoms with Gasteiger partial charge in [-0.2, -0.15) is 8.78 Å². The molecule has 1 saturated heterocycles. The van der Waals surface area contributed by atoms with E-state index < -0.39 is 12.3 Å². The normalized spacial score (nSPS) is 14.2. The maximum absolute atomic E-state index is 12.4. The minimum absolute atomic E-state index is 0.0184. The Bertz CT molecular complexity index is 1030. The molecule has 1 amide bonds. The van der Waals surface area contributed by atoms with Crippen LogP contribution in [0.5, 0.6) is 5.75 Å². The number of aromatic nitrogens is 1. The third-order valence-electron chi connectivity index (χ3n) is 4.90. The molecule has 30 heavy (non-hydrogen) atoms. The van der Waals surface area contributed by atoms with E-state index in [1.54, 1.807) is 36.4 Å². The van der Waals surface area contributed by atoms with Gasteiger partial charge in [-0.3, -0.25) is 4.79 Å². The van der Waals surface area contributed by atoms with Gasteiger partial charge in [0.15, 0.2) is 11.6 Å². The lowest BCUT2D eigenvalue weighted by atomic mass is 10.00. The van der Waals surface area contributed by atoms with Crippen molar-refractivity contribution in [2.75, 3.05) is 36.4 Å². The molecule has 156 valence electrons. The van der Waals surface area contributed by atoms with Crippen molar-refractivity contribution in [1.29, 1.82) is 0 Å². The lowest BCUT2D eigenvalue weighted by Crippen LogP contribution is -2.43. The summed E-state index contributed by atoms with van der Waals surface area (Å²) in [4.78, 5) is 13.2. The first-order chi connectivity index (χ1) is 14.5. The Kier molecular flexibility index (Phi) is 5.62. The molecule has 0 radical (unpaired) electrons. The standard InChI is InChI=1S/C21H20F2N4O3/c22-20(23)21(29)25-14-6-4-13(5-7-14)15-2-1-3-16(19(15)28)17-12-18(26-30-17)27-10-8-24-9-11-27/h1-7,12,20,24,28H,8-11H2,(H,25,29). The average Bonchev–Trinajstić information content (AvgIpc) is 3.25. The van der Waals surface area contributed by atoms with Gasteiger partial charge in [-0.25, -0.2) is 0 Å². The van der Waals surface area contributed by atoms with Crippen molar-refractivity contribution in [1.82, 2.24) is 10.5 Å². The van der Waals surface area contributed by atoms with Gasteiger partial charge >= 0.3 is 6.43 Å². The fourth-order valence-corrected chi connectivity index (χ4v) is 3.34. The fourth-order valence-electron chi connectivity index (χ4n) is 3.34. The number of anilines is 2. The molecule has 0 atom stereocenters. The minimum atomic E-state index is -3.08. The van der Waals surface area contributed by atoms with Crippen LogP contribution in [0.15, 0.2) is 53.1 Å². The number of phenols is 1. The average molecular weight is 414 g/mol. The van der Waals surface area contributed by atoms with E-state index in [1.807, 2.05) is 0 Å². The summed E-state index contributed by atoms with van der Waals surface area (Å²) in [6.45, 7) is 3.40. The van der Waals surface area contributed by atoms with Crippen LogP contribution in [0.3, 0.4) is 0 Å².